The van der Waals surface area contributed by atoms with Crippen molar-refractivity contribution in [2.45, 2.75) is 51.0 Å². The Kier molecular flexibility index (Phi) is 21.5. The Hall–Kier alpha value is -7.12. The molecule has 0 fully saturated rings. The summed E-state index contributed by atoms with van der Waals surface area (Å²) in [5.41, 5.74) is 9.92. The molecule has 6 heterocycles. The molecule has 6 nitrogen and oxygen atoms in total. The minimum atomic E-state index is 0. The molecule has 12 aromatic rings. The summed E-state index contributed by atoms with van der Waals surface area (Å²) in [6, 6.07) is 51.0. The van der Waals surface area contributed by atoms with Crippen LogP contribution in [0.4, 0.5) is 0 Å². The average molecular weight is 968 g/mol. The molecule has 0 unspecified atom stereocenters. The second-order valence-corrected chi connectivity index (χ2v) is 16.6. The van der Waals surface area contributed by atoms with Crippen LogP contribution >= 0.6 is 0 Å². The monoisotopic (exact) mass is 968 g/mol. The maximum atomic E-state index is 4.64. The molecule has 0 N–H and O–H groups in total. The number of nitrogens with zero attached hydrogens (tertiary/aromatic N) is 6. The molecule has 0 atom stereocenters. The smallest absolute Gasteiger partial charge is 0.358 e. The van der Waals surface area contributed by atoms with Crippen LogP contribution in [-0.2, 0) is 53.8 Å². The number of aryl methyl sites for hydroxylation is 7. The van der Waals surface area contributed by atoms with Crippen molar-refractivity contribution in [3.05, 3.63) is 214 Å². The molecule has 0 saturated carbocycles. The van der Waals surface area contributed by atoms with Gasteiger partial charge in [0.1, 0.15) is 35.2 Å². The molecule has 6 aromatic carbocycles. The number of pyridine rings is 6. The predicted octanol–water partition coefficient (Wildman–Crippen LogP) is 13.7. The van der Waals surface area contributed by atoms with Crippen molar-refractivity contribution >= 4 is 75.9 Å². The fraction of sp³-hybridized carbons (Fsp3) is 0.190. The van der Waals surface area contributed by atoms with Gasteiger partial charge in [-0.1, -0.05) is 97.8 Å². The second-order valence-electron chi connectivity index (χ2n) is 16.6. The van der Waals surface area contributed by atoms with Crippen LogP contribution in [0.25, 0.3) is 87.1 Å². The number of fused-ring (bicyclic) bond motifs is 4. The van der Waals surface area contributed by atoms with Gasteiger partial charge in [0.25, 0.3) is 0 Å². The largest absolute Gasteiger partial charge is 2.00 e. The Morgan fingerprint density at radius 3 is 0.971 bits per heavy atom. The van der Waals surface area contributed by atoms with Crippen molar-refractivity contribution in [2.24, 2.45) is 35.2 Å². The van der Waals surface area contributed by atoms with Crippen molar-refractivity contribution in [3.63, 3.8) is 0 Å². The van der Waals surface area contributed by atoms with Crippen molar-refractivity contribution in [2.75, 3.05) is 0 Å². The molecule has 6 aromatic heterocycles. The Balaban J connectivity index is 0.000000311. The van der Waals surface area contributed by atoms with Crippen molar-refractivity contribution in [1.29, 1.82) is 0 Å². The fourth-order valence-electron chi connectivity index (χ4n) is 8.87. The zero-order chi connectivity index (χ0) is 43.6. The first-order valence-electron chi connectivity index (χ1n) is 21.5. The molecule has 0 spiro atoms. The summed E-state index contributed by atoms with van der Waals surface area (Å²) in [5, 5.41) is 13.2. The second kappa shape index (κ2) is 25.5. The van der Waals surface area contributed by atoms with Crippen molar-refractivity contribution in [1.82, 2.24) is 4.98 Å². The number of hydrogen-bond acceptors (Lipinski definition) is 1. The number of rotatable bonds is 1. The maximum absolute atomic E-state index is 4.64. The van der Waals surface area contributed by atoms with E-state index in [1.807, 2.05) is 35.4 Å². The molecule has 357 valence electrons. The van der Waals surface area contributed by atoms with Crippen LogP contribution in [-0.4, -0.2) is 4.98 Å². The molecular weight excluding hydrogens is 892 g/mol. The van der Waals surface area contributed by atoms with Crippen LogP contribution in [0.2, 0.25) is 0 Å². The van der Waals surface area contributed by atoms with Gasteiger partial charge in [0.05, 0.1) is 11.0 Å². The van der Waals surface area contributed by atoms with Crippen LogP contribution in [0.5, 0.6) is 0 Å². The first-order valence-corrected chi connectivity index (χ1v) is 21.5. The number of hydrogen-bond donors (Lipinski definition) is 0. The molecular formula is C63H76N6V+6. The van der Waals surface area contributed by atoms with Crippen molar-refractivity contribution in [3.8, 4) is 11.1 Å². The van der Waals surface area contributed by atoms with Gasteiger partial charge in [0.2, 0.25) is 11.0 Å². The summed E-state index contributed by atoms with van der Waals surface area (Å²) in [4.78, 5) is 4.64. The number of benzene rings is 6. The van der Waals surface area contributed by atoms with Gasteiger partial charge in [-0.2, -0.15) is 4.57 Å². The maximum Gasteiger partial charge on any atom is 2.00 e. The van der Waals surface area contributed by atoms with Crippen LogP contribution in [0.1, 0.15) is 48.3 Å². The third kappa shape index (κ3) is 12.0. The van der Waals surface area contributed by atoms with E-state index in [2.05, 4.69) is 237 Å². The van der Waals surface area contributed by atoms with Gasteiger partial charge >= 0.3 is 18.6 Å². The Labute approximate surface area is 431 Å². The van der Waals surface area contributed by atoms with E-state index in [-0.39, 0.29) is 63.1 Å². The Morgan fingerprint density at radius 2 is 0.629 bits per heavy atom. The summed E-state index contributed by atoms with van der Waals surface area (Å²) in [6.45, 7) is 4.36. The summed E-state index contributed by atoms with van der Waals surface area (Å²) >= 11 is 0. The minimum Gasteiger partial charge on any atom is -0.358 e. The van der Waals surface area contributed by atoms with Gasteiger partial charge in [-0.05, 0) is 84.6 Å². The number of aromatic nitrogens is 6. The molecule has 0 saturated heterocycles. The van der Waals surface area contributed by atoms with Gasteiger partial charge in [0.15, 0.2) is 49.6 Å². The normalized spacial score (nSPS) is 9.99. The Bertz CT molecular complexity index is 3230. The van der Waals surface area contributed by atoms with Gasteiger partial charge in [-0.3, -0.25) is 0 Å². The van der Waals surface area contributed by atoms with E-state index in [4.69, 9.17) is 0 Å². The van der Waals surface area contributed by atoms with Gasteiger partial charge in [-0.15, -0.1) is 0 Å². The molecule has 0 aliphatic carbocycles. The van der Waals surface area contributed by atoms with E-state index in [1.165, 1.54) is 87.1 Å². The van der Waals surface area contributed by atoms with Crippen LogP contribution in [0.3, 0.4) is 0 Å². The standard InChI is InChI=1S/C16H14N2.C15H14N.C14H11N.C12H14N2.5CH4.CH3.V/c1-17-7-11-3-5-13-9-18(2)10-14-6-4-12(8-17)15(11)16(13)14;1-11-12-7-3-5-9-14(12)16(2)15-10-6-4-8-13(11)15;1-10-11-6-2-4-8-13(11)15-14-9-5-3-7-12(10)14;1-13-7-3-11(4-8-13)12-5-9-14(2)10-6-12;;;;;;;/h3-10H,1-2H3;3-10H,1-2H3;2-9H,1H3;3-10H,1-2H3;5*1H4;1H3;/q+2;+1;;+2;;;;;;-1;+2. The third-order valence-corrected chi connectivity index (χ3v) is 12.1. The molecule has 0 amide bonds. The zero-order valence-corrected chi connectivity index (χ0v) is 40.0. The van der Waals surface area contributed by atoms with Gasteiger partial charge in [0, 0.05) is 90.3 Å². The van der Waals surface area contributed by atoms with Crippen molar-refractivity contribution < 1.29 is 41.4 Å². The predicted molar refractivity (Wildman–Crippen MR) is 298 cm³/mol. The zero-order valence-electron chi connectivity index (χ0n) is 38.6. The average Bonchev–Trinajstić information content (AvgIpc) is 3.31. The van der Waals surface area contributed by atoms with Gasteiger partial charge in [-0.25, -0.2) is 23.3 Å². The Morgan fingerprint density at radius 1 is 0.343 bits per heavy atom. The first kappa shape index (κ1) is 59.0. The topological polar surface area (TPSA) is 32.3 Å². The van der Waals surface area contributed by atoms with E-state index in [9.17, 15) is 0 Å². The van der Waals surface area contributed by atoms with E-state index < -0.39 is 0 Å². The summed E-state index contributed by atoms with van der Waals surface area (Å²) in [5.74, 6) is 0. The van der Waals surface area contributed by atoms with Crippen LogP contribution < -0.4 is 22.8 Å². The third-order valence-electron chi connectivity index (χ3n) is 12.1. The summed E-state index contributed by atoms with van der Waals surface area (Å²) < 4.78 is 10.6. The van der Waals surface area contributed by atoms with Crippen LogP contribution in [0.15, 0.2) is 195 Å². The first-order chi connectivity index (χ1) is 30.6. The fourth-order valence-corrected chi connectivity index (χ4v) is 8.87. The molecule has 70 heavy (non-hydrogen) atoms. The van der Waals surface area contributed by atoms with Crippen LogP contribution in [0, 0.1) is 21.3 Å². The summed E-state index contributed by atoms with van der Waals surface area (Å²) in [6.07, 6.45) is 17.0. The molecule has 0 aliphatic rings. The van der Waals surface area contributed by atoms with E-state index in [0.29, 0.717) is 0 Å². The molecule has 0 bridgehead atoms. The van der Waals surface area contributed by atoms with Gasteiger partial charge < -0.3 is 7.43 Å². The molecule has 0 aliphatic heterocycles. The molecule has 12 rings (SSSR count). The minimum absolute atomic E-state index is 0. The molecule has 7 heteroatoms. The van der Waals surface area contributed by atoms with E-state index in [1.54, 1.807) is 0 Å². The summed E-state index contributed by atoms with van der Waals surface area (Å²) in [7, 11) is 10.3. The quantitative estimate of drug-likeness (QED) is 0.0698. The number of para-hydroxylation sites is 4. The van der Waals surface area contributed by atoms with E-state index in [0.717, 1.165) is 11.0 Å². The van der Waals surface area contributed by atoms with E-state index >= 15 is 0 Å². The SMILES string of the molecule is C.C.C.C.C.C[n+]1cc2ccc3c[n+](C)cc4ccc(c1)c2c34.C[n+]1ccc(-c2cc[n+](C)cc2)cc1.Cc1c2ccccc2[n+](C)c2ccccc12.Cc1c2ccccc2nc2ccccc12.[CH3-].[V+2]. The molecule has 1 radical (unpaired) electrons.